The number of H-pyrrole nitrogens is 1. The Bertz CT molecular complexity index is 1420. The highest BCUT2D eigenvalue weighted by atomic mass is 19.3. The Morgan fingerprint density at radius 2 is 1.79 bits per heavy atom. The summed E-state index contributed by atoms with van der Waals surface area (Å²) in [5.41, 5.74) is 5.42. The van der Waals surface area contributed by atoms with Crippen molar-refractivity contribution in [1.29, 1.82) is 0 Å². The lowest BCUT2D eigenvalue weighted by Crippen LogP contribution is -2.26. The first-order valence-corrected chi connectivity index (χ1v) is 10.9. The summed E-state index contributed by atoms with van der Waals surface area (Å²) in [5.74, 6) is 0.0629. The second-order valence-electron chi connectivity index (χ2n) is 8.94. The third kappa shape index (κ3) is 3.37. The van der Waals surface area contributed by atoms with Gasteiger partial charge in [-0.15, -0.1) is 8.78 Å². The van der Waals surface area contributed by atoms with Gasteiger partial charge >= 0.3 is 6.29 Å². The molecule has 4 nitrogen and oxygen atoms in total. The number of fused-ring (bicyclic) bond motifs is 2. The van der Waals surface area contributed by atoms with Crippen LogP contribution in [-0.4, -0.2) is 17.1 Å². The molecule has 166 valence electrons. The summed E-state index contributed by atoms with van der Waals surface area (Å²) in [6, 6.07) is 19.1. The fraction of sp³-hybridized carbons (Fsp3) is 0.222. The summed E-state index contributed by atoms with van der Waals surface area (Å²) >= 11 is 0. The average Bonchev–Trinajstić information content (AvgIpc) is 3.35. The minimum atomic E-state index is -3.66. The van der Waals surface area contributed by atoms with Crippen LogP contribution in [0.15, 0.2) is 66.9 Å². The van der Waals surface area contributed by atoms with Crippen molar-refractivity contribution in [3.63, 3.8) is 0 Å². The molecule has 3 aromatic carbocycles. The number of aromatic amines is 1. The number of nitrogens with one attached hydrogen (secondary N) is 1. The van der Waals surface area contributed by atoms with Gasteiger partial charge in [-0.25, -0.2) is 0 Å². The fourth-order valence-electron chi connectivity index (χ4n) is 4.77. The van der Waals surface area contributed by atoms with E-state index in [-0.39, 0.29) is 23.7 Å². The van der Waals surface area contributed by atoms with Gasteiger partial charge in [0.2, 0.25) is 0 Å². The summed E-state index contributed by atoms with van der Waals surface area (Å²) in [4.78, 5) is 16.6. The molecule has 6 heteroatoms. The SMILES string of the molecule is Cc1ccc(CC(=O)C2(c3ccc4c(c3)OC(F)(F)O4)CC2)cc1-c1ccc2[nH]ccc2c1. The van der Waals surface area contributed by atoms with Gasteiger partial charge in [-0.1, -0.05) is 30.3 Å². The van der Waals surface area contributed by atoms with Gasteiger partial charge in [0.1, 0.15) is 5.78 Å². The maximum Gasteiger partial charge on any atom is 0.586 e. The lowest BCUT2D eigenvalue weighted by molar-refractivity contribution is -0.286. The number of carbonyl (C=O) groups excluding carboxylic acids is 1. The van der Waals surface area contributed by atoms with Crippen LogP contribution >= 0.6 is 0 Å². The number of benzene rings is 3. The van der Waals surface area contributed by atoms with Crippen molar-refractivity contribution in [3.05, 3.63) is 83.6 Å². The largest absolute Gasteiger partial charge is 0.586 e. The molecule has 1 fully saturated rings. The number of alkyl halides is 2. The zero-order chi connectivity index (χ0) is 22.8. The van der Waals surface area contributed by atoms with Gasteiger partial charge in [0.15, 0.2) is 11.5 Å². The molecule has 1 aliphatic heterocycles. The highest BCUT2D eigenvalue weighted by Crippen LogP contribution is 2.52. The Balaban J connectivity index is 1.28. The van der Waals surface area contributed by atoms with Crippen molar-refractivity contribution < 1.29 is 23.0 Å². The molecule has 0 atom stereocenters. The van der Waals surface area contributed by atoms with E-state index in [2.05, 4.69) is 45.6 Å². The molecule has 1 saturated carbocycles. The lowest BCUT2D eigenvalue weighted by Gasteiger charge is -2.16. The highest BCUT2D eigenvalue weighted by molar-refractivity contribution is 5.95. The van der Waals surface area contributed by atoms with Crippen molar-refractivity contribution in [2.45, 2.75) is 37.9 Å². The molecule has 6 rings (SSSR count). The van der Waals surface area contributed by atoms with Crippen molar-refractivity contribution in [2.24, 2.45) is 0 Å². The predicted molar refractivity (Wildman–Crippen MR) is 121 cm³/mol. The third-order valence-electron chi connectivity index (χ3n) is 6.77. The van der Waals surface area contributed by atoms with E-state index < -0.39 is 11.7 Å². The topological polar surface area (TPSA) is 51.3 Å². The highest BCUT2D eigenvalue weighted by Gasteiger charge is 2.52. The number of Topliss-reactive ketones (excluding diaryl/α,β-unsaturated/α-hetero) is 1. The molecule has 1 aromatic heterocycles. The normalized spacial score (nSPS) is 17.3. The maximum absolute atomic E-state index is 13.4. The summed E-state index contributed by atoms with van der Waals surface area (Å²) in [7, 11) is 0. The number of halogens is 2. The first-order valence-electron chi connectivity index (χ1n) is 10.9. The van der Waals surface area contributed by atoms with Crippen LogP contribution in [0.2, 0.25) is 0 Å². The maximum atomic E-state index is 13.4. The standard InChI is InChI=1S/C27H21F2NO3/c1-16-2-3-17(12-21(16)18-4-6-22-19(14-18)8-11-30-22)13-25(31)26(9-10-26)20-5-7-23-24(15-20)33-27(28,29)32-23/h2-8,11-12,14-15,30H,9-10,13H2,1H3. The second kappa shape index (κ2) is 6.91. The van der Waals surface area contributed by atoms with Gasteiger partial charge in [0.25, 0.3) is 0 Å². The quantitative estimate of drug-likeness (QED) is 0.392. The molecule has 0 spiro atoms. The third-order valence-corrected chi connectivity index (χ3v) is 6.77. The average molecular weight is 445 g/mol. The number of rotatable bonds is 5. The van der Waals surface area contributed by atoms with Crippen LogP contribution in [0.3, 0.4) is 0 Å². The summed E-state index contributed by atoms with van der Waals surface area (Å²) in [6.45, 7) is 2.06. The van der Waals surface area contributed by atoms with Gasteiger partial charge in [-0.05, 0) is 83.3 Å². The molecule has 4 aromatic rings. The van der Waals surface area contributed by atoms with Crippen LogP contribution in [0.25, 0.3) is 22.0 Å². The van der Waals surface area contributed by atoms with Crippen LogP contribution in [-0.2, 0) is 16.6 Å². The van der Waals surface area contributed by atoms with E-state index in [1.165, 1.54) is 12.1 Å². The Hall–Kier alpha value is -3.67. The molecule has 2 heterocycles. The number of aryl methyl sites for hydroxylation is 1. The molecular formula is C27H21F2NO3. The number of aromatic nitrogens is 1. The second-order valence-corrected chi connectivity index (χ2v) is 8.94. The van der Waals surface area contributed by atoms with Gasteiger partial charge in [0.05, 0.1) is 5.41 Å². The first-order chi connectivity index (χ1) is 15.8. The van der Waals surface area contributed by atoms with Crippen LogP contribution in [0, 0.1) is 6.92 Å². The Morgan fingerprint density at radius 1 is 0.970 bits per heavy atom. The molecule has 0 saturated heterocycles. The minimum absolute atomic E-state index is 0.00503. The van der Waals surface area contributed by atoms with Crippen LogP contribution < -0.4 is 9.47 Å². The Kier molecular flexibility index (Phi) is 4.18. The number of hydrogen-bond donors (Lipinski definition) is 1. The summed E-state index contributed by atoms with van der Waals surface area (Å²) < 4.78 is 35.9. The number of ketones is 1. The van der Waals surface area contributed by atoms with Crippen LogP contribution in [0.1, 0.15) is 29.5 Å². The lowest BCUT2D eigenvalue weighted by atomic mass is 9.87. The van der Waals surface area contributed by atoms with E-state index >= 15 is 0 Å². The first kappa shape index (κ1) is 20.0. The molecule has 1 aliphatic carbocycles. The van der Waals surface area contributed by atoms with E-state index in [1.54, 1.807) is 6.07 Å². The number of ether oxygens (including phenoxy) is 2. The van der Waals surface area contributed by atoms with Crippen molar-refractivity contribution >= 4 is 16.7 Å². The number of carbonyl (C=O) groups is 1. The molecule has 2 aliphatic rings. The van der Waals surface area contributed by atoms with Gasteiger partial charge in [-0.3, -0.25) is 4.79 Å². The van der Waals surface area contributed by atoms with Crippen molar-refractivity contribution in [3.8, 4) is 22.6 Å². The molecule has 0 bridgehead atoms. The molecule has 0 unspecified atom stereocenters. The molecule has 1 N–H and O–H groups in total. The fourth-order valence-corrected chi connectivity index (χ4v) is 4.77. The summed E-state index contributed by atoms with van der Waals surface area (Å²) in [5, 5.41) is 1.14. The zero-order valence-electron chi connectivity index (χ0n) is 18.0. The van der Waals surface area contributed by atoms with Gasteiger partial charge in [0, 0.05) is 18.1 Å². The van der Waals surface area contributed by atoms with Crippen LogP contribution in [0.5, 0.6) is 11.5 Å². The van der Waals surface area contributed by atoms with Crippen LogP contribution in [0.4, 0.5) is 8.78 Å². The van der Waals surface area contributed by atoms with E-state index in [4.69, 9.17) is 0 Å². The van der Waals surface area contributed by atoms with Crippen molar-refractivity contribution in [1.82, 2.24) is 4.98 Å². The smallest absolute Gasteiger partial charge is 0.395 e. The van der Waals surface area contributed by atoms with Crippen molar-refractivity contribution in [2.75, 3.05) is 0 Å². The molecule has 33 heavy (non-hydrogen) atoms. The monoisotopic (exact) mass is 445 g/mol. The van der Waals surface area contributed by atoms with E-state index in [1.807, 2.05) is 24.4 Å². The number of hydrogen-bond acceptors (Lipinski definition) is 3. The van der Waals surface area contributed by atoms with E-state index in [9.17, 15) is 13.6 Å². The molecular weight excluding hydrogens is 424 g/mol. The molecule has 0 amide bonds. The van der Waals surface area contributed by atoms with E-state index in [0.717, 1.165) is 33.2 Å². The predicted octanol–water partition coefficient (Wildman–Crippen LogP) is 6.31. The van der Waals surface area contributed by atoms with Gasteiger partial charge in [-0.2, -0.15) is 0 Å². The Labute approximate surface area is 189 Å². The van der Waals surface area contributed by atoms with Gasteiger partial charge < -0.3 is 14.5 Å². The summed E-state index contributed by atoms with van der Waals surface area (Å²) in [6.07, 6.45) is -0.0636. The zero-order valence-corrected chi connectivity index (χ0v) is 18.0. The minimum Gasteiger partial charge on any atom is -0.395 e. The molecule has 0 radical (unpaired) electrons. The Morgan fingerprint density at radius 3 is 2.61 bits per heavy atom. The van der Waals surface area contributed by atoms with E-state index in [0.29, 0.717) is 18.4 Å².